The maximum absolute atomic E-state index is 11.7. The summed E-state index contributed by atoms with van der Waals surface area (Å²) < 4.78 is 2.89. The molecule has 1 rings (SSSR count). The van der Waals surface area contributed by atoms with E-state index < -0.39 is 0 Å². The van der Waals surface area contributed by atoms with E-state index >= 15 is 0 Å². The molecule has 0 heterocycles. The van der Waals surface area contributed by atoms with E-state index in [9.17, 15) is 4.79 Å². The fourth-order valence-corrected chi connectivity index (χ4v) is 2.88. The number of rotatable bonds is 6. The molecule has 1 aliphatic rings. The highest BCUT2D eigenvalue weighted by atomic mass is 32.2. The molecule has 1 aliphatic carbocycles. The highest BCUT2D eigenvalue weighted by Gasteiger charge is 2.16. The van der Waals surface area contributed by atoms with Crippen LogP contribution in [-0.2, 0) is 4.79 Å². The Balaban J connectivity index is 2.18. The van der Waals surface area contributed by atoms with E-state index in [1.54, 1.807) is 0 Å². The van der Waals surface area contributed by atoms with E-state index in [0.717, 1.165) is 12.1 Å². The standard InChI is InChI=1S/C13H24N2OS/c1-3-12(14-2)10-17-15-13(16)9-11-7-5-4-6-8-11/h10-11,14H,3-9H2,1-2H3,(H,15,16)/b12-10-. The van der Waals surface area contributed by atoms with Gasteiger partial charge in [0, 0.05) is 24.6 Å². The first-order valence-electron chi connectivity index (χ1n) is 6.57. The molecule has 0 aromatic rings. The van der Waals surface area contributed by atoms with Crippen LogP contribution in [0.1, 0.15) is 51.9 Å². The summed E-state index contributed by atoms with van der Waals surface area (Å²) >= 11 is 1.38. The lowest BCUT2D eigenvalue weighted by Gasteiger charge is -2.20. The van der Waals surface area contributed by atoms with Crippen LogP contribution in [0.2, 0.25) is 0 Å². The van der Waals surface area contributed by atoms with Gasteiger partial charge in [-0.1, -0.05) is 26.2 Å². The topological polar surface area (TPSA) is 41.1 Å². The Bertz CT molecular complexity index is 254. The molecule has 98 valence electrons. The van der Waals surface area contributed by atoms with Gasteiger partial charge in [-0.2, -0.15) is 0 Å². The summed E-state index contributed by atoms with van der Waals surface area (Å²) in [4.78, 5) is 11.7. The van der Waals surface area contributed by atoms with Crippen molar-refractivity contribution in [3.8, 4) is 0 Å². The van der Waals surface area contributed by atoms with Crippen LogP contribution >= 0.6 is 11.9 Å². The van der Waals surface area contributed by atoms with E-state index in [0.29, 0.717) is 12.3 Å². The summed E-state index contributed by atoms with van der Waals surface area (Å²) in [6.45, 7) is 2.09. The fraction of sp³-hybridized carbons (Fsp3) is 0.769. The molecule has 1 saturated carbocycles. The zero-order valence-corrected chi connectivity index (χ0v) is 11.7. The molecule has 0 saturated heterocycles. The number of hydrogen-bond acceptors (Lipinski definition) is 3. The molecular formula is C13H24N2OS. The molecule has 17 heavy (non-hydrogen) atoms. The van der Waals surface area contributed by atoms with Gasteiger partial charge in [0.15, 0.2) is 0 Å². The van der Waals surface area contributed by atoms with Crippen molar-refractivity contribution >= 4 is 17.9 Å². The van der Waals surface area contributed by atoms with Gasteiger partial charge in [0.25, 0.3) is 0 Å². The van der Waals surface area contributed by atoms with Crippen molar-refractivity contribution in [1.29, 1.82) is 0 Å². The minimum atomic E-state index is 0.171. The molecular weight excluding hydrogens is 232 g/mol. The Morgan fingerprint density at radius 3 is 2.65 bits per heavy atom. The first-order valence-corrected chi connectivity index (χ1v) is 7.45. The third kappa shape index (κ3) is 6.01. The Morgan fingerprint density at radius 2 is 2.06 bits per heavy atom. The second-order valence-corrected chi connectivity index (χ2v) is 5.27. The predicted octanol–water partition coefficient (Wildman–Crippen LogP) is 3.19. The van der Waals surface area contributed by atoms with E-state index in [-0.39, 0.29) is 5.91 Å². The Kier molecular flexibility index (Phi) is 7.17. The monoisotopic (exact) mass is 256 g/mol. The van der Waals surface area contributed by atoms with Gasteiger partial charge >= 0.3 is 0 Å². The average molecular weight is 256 g/mol. The quantitative estimate of drug-likeness (QED) is 0.717. The first-order chi connectivity index (χ1) is 8.26. The molecule has 0 unspecified atom stereocenters. The largest absolute Gasteiger partial charge is 0.391 e. The number of carbonyl (C=O) groups is 1. The van der Waals surface area contributed by atoms with Crippen molar-refractivity contribution in [3.05, 3.63) is 11.1 Å². The van der Waals surface area contributed by atoms with Gasteiger partial charge in [-0.25, -0.2) is 0 Å². The van der Waals surface area contributed by atoms with Gasteiger partial charge in [-0.15, -0.1) is 0 Å². The van der Waals surface area contributed by atoms with Crippen LogP contribution < -0.4 is 10.0 Å². The van der Waals surface area contributed by atoms with E-state index in [2.05, 4.69) is 17.0 Å². The van der Waals surface area contributed by atoms with Gasteiger partial charge in [-0.05, 0) is 37.1 Å². The summed E-state index contributed by atoms with van der Waals surface area (Å²) in [6, 6.07) is 0. The maximum atomic E-state index is 11.7. The zero-order valence-electron chi connectivity index (χ0n) is 10.9. The van der Waals surface area contributed by atoms with Crippen LogP contribution in [0, 0.1) is 5.92 Å². The smallest absolute Gasteiger partial charge is 0.230 e. The van der Waals surface area contributed by atoms with Crippen molar-refractivity contribution in [1.82, 2.24) is 10.0 Å². The fourth-order valence-electron chi connectivity index (χ4n) is 2.18. The zero-order chi connectivity index (χ0) is 12.5. The molecule has 4 heteroatoms. The number of hydrogen-bond donors (Lipinski definition) is 2. The van der Waals surface area contributed by atoms with Crippen LogP contribution in [0.25, 0.3) is 0 Å². The molecule has 1 fully saturated rings. The lowest BCUT2D eigenvalue weighted by molar-refractivity contribution is -0.120. The lowest BCUT2D eigenvalue weighted by atomic mass is 9.87. The van der Waals surface area contributed by atoms with Crippen molar-refractivity contribution in [3.63, 3.8) is 0 Å². The molecule has 1 amide bonds. The van der Waals surface area contributed by atoms with Crippen LogP contribution in [-0.4, -0.2) is 13.0 Å². The van der Waals surface area contributed by atoms with Gasteiger partial charge in [-0.3, -0.25) is 9.52 Å². The first kappa shape index (κ1) is 14.4. The highest BCUT2D eigenvalue weighted by Crippen LogP contribution is 2.26. The normalized spacial score (nSPS) is 17.9. The van der Waals surface area contributed by atoms with Crippen LogP contribution in [0.5, 0.6) is 0 Å². The minimum Gasteiger partial charge on any atom is -0.391 e. The van der Waals surface area contributed by atoms with Gasteiger partial charge in [0.05, 0.1) is 0 Å². The lowest BCUT2D eigenvalue weighted by Crippen LogP contribution is -2.20. The number of allylic oxidation sites excluding steroid dienone is 1. The third-order valence-corrected chi connectivity index (χ3v) is 4.02. The van der Waals surface area contributed by atoms with Gasteiger partial charge < -0.3 is 5.32 Å². The van der Waals surface area contributed by atoms with Crippen molar-refractivity contribution in [2.24, 2.45) is 5.92 Å². The van der Waals surface area contributed by atoms with Crippen LogP contribution in [0.3, 0.4) is 0 Å². The number of carbonyl (C=O) groups excluding carboxylic acids is 1. The molecule has 0 aromatic carbocycles. The van der Waals surface area contributed by atoms with Crippen LogP contribution in [0.4, 0.5) is 0 Å². The van der Waals surface area contributed by atoms with E-state index in [4.69, 9.17) is 0 Å². The van der Waals surface area contributed by atoms with Crippen molar-refractivity contribution in [2.45, 2.75) is 51.9 Å². The second kappa shape index (κ2) is 8.45. The van der Waals surface area contributed by atoms with E-state index in [1.807, 2.05) is 12.5 Å². The summed E-state index contributed by atoms with van der Waals surface area (Å²) in [7, 11) is 1.90. The van der Waals surface area contributed by atoms with Crippen molar-refractivity contribution < 1.29 is 4.79 Å². The summed E-state index contributed by atoms with van der Waals surface area (Å²) in [6.07, 6.45) is 8.05. The van der Waals surface area contributed by atoms with Crippen LogP contribution in [0.15, 0.2) is 11.1 Å². The molecule has 0 radical (unpaired) electrons. The Labute approximate surface area is 109 Å². The SMILES string of the molecule is CC/C(=C/SNC(=O)CC1CCCCC1)NC. The Hall–Kier alpha value is -0.640. The maximum Gasteiger partial charge on any atom is 0.230 e. The molecule has 0 spiro atoms. The predicted molar refractivity (Wildman–Crippen MR) is 74.4 cm³/mol. The summed E-state index contributed by atoms with van der Waals surface area (Å²) in [5.74, 6) is 0.785. The molecule has 2 N–H and O–H groups in total. The van der Waals surface area contributed by atoms with Gasteiger partial charge in [0.1, 0.15) is 0 Å². The highest BCUT2D eigenvalue weighted by molar-refractivity contribution is 8.00. The molecule has 3 nitrogen and oxygen atoms in total. The molecule has 0 aromatic heterocycles. The number of amides is 1. The second-order valence-electron chi connectivity index (χ2n) is 4.60. The molecule has 0 atom stereocenters. The minimum absolute atomic E-state index is 0.171. The van der Waals surface area contributed by atoms with Crippen molar-refractivity contribution in [2.75, 3.05) is 7.05 Å². The number of nitrogens with one attached hydrogen (secondary N) is 2. The summed E-state index contributed by atoms with van der Waals surface area (Å²) in [5, 5.41) is 5.07. The average Bonchev–Trinajstić information content (AvgIpc) is 2.36. The summed E-state index contributed by atoms with van der Waals surface area (Å²) in [5.41, 5.74) is 1.15. The molecule has 0 aliphatic heterocycles. The molecule has 0 bridgehead atoms. The van der Waals surface area contributed by atoms with E-state index in [1.165, 1.54) is 44.1 Å². The van der Waals surface area contributed by atoms with Gasteiger partial charge in [0.2, 0.25) is 5.91 Å². The third-order valence-electron chi connectivity index (χ3n) is 3.27. The Morgan fingerprint density at radius 1 is 1.35 bits per heavy atom.